The van der Waals surface area contributed by atoms with E-state index in [-0.39, 0.29) is 18.1 Å². The first-order valence-electron chi connectivity index (χ1n) is 5.54. The number of urea groups is 1. The zero-order chi connectivity index (χ0) is 13.9. The molecule has 0 saturated carbocycles. The molecule has 7 heteroatoms. The zero-order valence-corrected chi connectivity index (χ0v) is 11.1. The van der Waals surface area contributed by atoms with Crippen LogP contribution in [-0.4, -0.2) is 41.4 Å². The molecule has 0 bridgehead atoms. The highest BCUT2D eigenvalue weighted by Crippen LogP contribution is 2.20. The molecule has 0 aromatic rings. The number of nitrogens with one attached hydrogen (secondary N) is 2. The molecule has 1 aliphatic heterocycles. The van der Waals surface area contributed by atoms with Gasteiger partial charge in [-0.15, -0.1) is 0 Å². The Kier molecular flexibility index (Phi) is 4.34. The second-order valence-corrected chi connectivity index (χ2v) is 4.84. The first-order valence-corrected chi connectivity index (χ1v) is 5.92. The Hall–Kier alpha value is -1.56. The Morgan fingerprint density at radius 3 is 2.61 bits per heavy atom. The molecule has 0 aromatic heterocycles. The molecule has 4 amide bonds. The molecule has 1 atom stereocenters. The predicted octanol–water partition coefficient (Wildman–Crippen LogP) is 0.576. The van der Waals surface area contributed by atoms with Crippen molar-refractivity contribution in [1.29, 1.82) is 0 Å². The fourth-order valence-corrected chi connectivity index (χ4v) is 1.59. The minimum atomic E-state index is -0.923. The zero-order valence-electron chi connectivity index (χ0n) is 10.4. The first-order chi connectivity index (χ1) is 8.30. The van der Waals surface area contributed by atoms with Crippen molar-refractivity contribution in [3.63, 3.8) is 0 Å². The van der Waals surface area contributed by atoms with Crippen LogP contribution in [0.1, 0.15) is 20.3 Å². The lowest BCUT2D eigenvalue weighted by Crippen LogP contribution is -2.44. The Morgan fingerprint density at radius 2 is 2.17 bits per heavy atom. The van der Waals surface area contributed by atoms with E-state index in [2.05, 4.69) is 17.2 Å². The number of hydrogen-bond acceptors (Lipinski definition) is 3. The summed E-state index contributed by atoms with van der Waals surface area (Å²) in [6.07, 6.45) is 0.466. The lowest BCUT2D eigenvalue weighted by atomic mass is 9.99. The van der Waals surface area contributed by atoms with Crippen molar-refractivity contribution in [2.75, 3.05) is 13.1 Å². The van der Waals surface area contributed by atoms with E-state index in [0.717, 1.165) is 4.90 Å². The normalized spacial score (nSPS) is 22.9. The second kappa shape index (κ2) is 5.39. The Labute approximate surface area is 110 Å². The van der Waals surface area contributed by atoms with E-state index in [1.807, 2.05) is 0 Å². The largest absolute Gasteiger partial charge is 0.350 e. The van der Waals surface area contributed by atoms with E-state index in [1.54, 1.807) is 13.8 Å². The van der Waals surface area contributed by atoms with Gasteiger partial charge in [0.2, 0.25) is 5.91 Å². The molecule has 1 aliphatic rings. The second-order valence-electron chi connectivity index (χ2n) is 4.30. The van der Waals surface area contributed by atoms with Crippen LogP contribution >= 0.6 is 11.6 Å². The number of rotatable bonds is 5. The van der Waals surface area contributed by atoms with Crippen LogP contribution in [0.15, 0.2) is 11.6 Å². The van der Waals surface area contributed by atoms with Gasteiger partial charge in [-0.25, -0.2) is 4.79 Å². The summed E-state index contributed by atoms with van der Waals surface area (Å²) in [6.45, 7) is 6.63. The molecule has 0 radical (unpaired) electrons. The van der Waals surface area contributed by atoms with Crippen molar-refractivity contribution < 1.29 is 14.4 Å². The summed E-state index contributed by atoms with van der Waals surface area (Å²) in [5, 5.41) is 5.29. The predicted molar refractivity (Wildman–Crippen MR) is 66.9 cm³/mol. The van der Waals surface area contributed by atoms with Crippen molar-refractivity contribution in [1.82, 2.24) is 15.5 Å². The molecule has 0 aromatic carbocycles. The van der Waals surface area contributed by atoms with Crippen molar-refractivity contribution >= 4 is 29.4 Å². The number of nitrogens with zero attached hydrogens (tertiary/aromatic N) is 1. The maximum absolute atomic E-state index is 12.0. The van der Waals surface area contributed by atoms with Crippen LogP contribution in [0.5, 0.6) is 0 Å². The van der Waals surface area contributed by atoms with Gasteiger partial charge >= 0.3 is 6.03 Å². The molecule has 1 saturated heterocycles. The average Bonchev–Trinajstić information content (AvgIpc) is 2.51. The molecule has 1 fully saturated rings. The fraction of sp³-hybridized carbons (Fsp3) is 0.545. The number of halogens is 1. The third-order valence-corrected chi connectivity index (χ3v) is 2.96. The molecule has 6 nitrogen and oxygen atoms in total. The molecular weight excluding hydrogens is 258 g/mol. The van der Waals surface area contributed by atoms with Crippen LogP contribution < -0.4 is 10.6 Å². The molecule has 18 heavy (non-hydrogen) atoms. The monoisotopic (exact) mass is 273 g/mol. The summed E-state index contributed by atoms with van der Waals surface area (Å²) < 4.78 is 0. The van der Waals surface area contributed by atoms with Gasteiger partial charge in [-0.05, 0) is 13.3 Å². The van der Waals surface area contributed by atoms with Crippen LogP contribution in [0.25, 0.3) is 0 Å². The van der Waals surface area contributed by atoms with Crippen molar-refractivity contribution in [2.24, 2.45) is 0 Å². The highest BCUT2D eigenvalue weighted by molar-refractivity contribution is 6.29. The molecule has 2 N–H and O–H groups in total. The van der Waals surface area contributed by atoms with Gasteiger partial charge in [-0.1, -0.05) is 25.1 Å². The van der Waals surface area contributed by atoms with Crippen molar-refractivity contribution in [3.8, 4) is 0 Å². The van der Waals surface area contributed by atoms with E-state index < -0.39 is 23.4 Å². The topological polar surface area (TPSA) is 78.5 Å². The van der Waals surface area contributed by atoms with E-state index >= 15 is 0 Å². The Morgan fingerprint density at radius 1 is 1.56 bits per heavy atom. The molecule has 0 spiro atoms. The smallest absolute Gasteiger partial charge is 0.325 e. The van der Waals surface area contributed by atoms with Gasteiger partial charge in [0.05, 0.1) is 6.54 Å². The molecule has 1 unspecified atom stereocenters. The van der Waals surface area contributed by atoms with Crippen LogP contribution in [0.3, 0.4) is 0 Å². The van der Waals surface area contributed by atoms with Gasteiger partial charge in [0.25, 0.3) is 5.91 Å². The highest BCUT2D eigenvalue weighted by Gasteiger charge is 2.46. The van der Waals surface area contributed by atoms with Gasteiger partial charge < -0.3 is 10.6 Å². The number of imide groups is 1. The van der Waals surface area contributed by atoms with Gasteiger partial charge in [0.15, 0.2) is 0 Å². The fourth-order valence-electron chi connectivity index (χ4n) is 1.52. The summed E-state index contributed by atoms with van der Waals surface area (Å²) in [5.41, 5.74) is -0.923. The molecule has 100 valence electrons. The minimum absolute atomic E-state index is 0.106. The van der Waals surface area contributed by atoms with E-state index in [1.165, 1.54) is 0 Å². The average molecular weight is 274 g/mol. The quantitative estimate of drug-likeness (QED) is 0.719. The van der Waals surface area contributed by atoms with E-state index in [0.29, 0.717) is 6.42 Å². The molecule has 0 aliphatic carbocycles. The van der Waals surface area contributed by atoms with E-state index in [4.69, 9.17) is 11.6 Å². The third-order valence-electron chi connectivity index (χ3n) is 2.83. The highest BCUT2D eigenvalue weighted by atomic mass is 35.5. The Bertz CT molecular complexity index is 410. The minimum Gasteiger partial charge on any atom is -0.350 e. The van der Waals surface area contributed by atoms with Gasteiger partial charge in [0.1, 0.15) is 12.1 Å². The number of carbonyl (C=O) groups excluding carboxylic acids is 3. The van der Waals surface area contributed by atoms with Gasteiger partial charge in [-0.3, -0.25) is 14.5 Å². The summed E-state index contributed by atoms with van der Waals surface area (Å²) in [4.78, 5) is 36.0. The Balaban J connectivity index is 2.63. The maximum atomic E-state index is 12.0. The maximum Gasteiger partial charge on any atom is 0.325 e. The van der Waals surface area contributed by atoms with E-state index in [9.17, 15) is 14.4 Å². The number of hydrogen-bond donors (Lipinski definition) is 2. The van der Waals surface area contributed by atoms with Gasteiger partial charge in [-0.2, -0.15) is 0 Å². The molecular formula is C11H16ClN3O3. The number of carbonyl (C=O) groups is 3. The third kappa shape index (κ3) is 3.01. The molecule has 1 heterocycles. The van der Waals surface area contributed by atoms with Crippen LogP contribution in [0.4, 0.5) is 4.79 Å². The summed E-state index contributed by atoms with van der Waals surface area (Å²) in [7, 11) is 0. The summed E-state index contributed by atoms with van der Waals surface area (Å²) in [6, 6.07) is -0.552. The number of amides is 4. The summed E-state index contributed by atoms with van der Waals surface area (Å²) >= 11 is 5.49. The SMILES string of the molecule is C=C(Cl)CNC(=O)CN1C(=O)NC(C)(CC)C1=O. The van der Waals surface area contributed by atoms with Crippen molar-refractivity contribution in [3.05, 3.63) is 11.6 Å². The lowest BCUT2D eigenvalue weighted by molar-refractivity contribution is -0.134. The van der Waals surface area contributed by atoms with Gasteiger partial charge in [0, 0.05) is 5.03 Å². The summed E-state index contributed by atoms with van der Waals surface area (Å²) in [5.74, 6) is -0.851. The van der Waals surface area contributed by atoms with Crippen LogP contribution in [0.2, 0.25) is 0 Å². The van der Waals surface area contributed by atoms with Crippen molar-refractivity contribution in [2.45, 2.75) is 25.8 Å². The first kappa shape index (κ1) is 14.5. The standard InChI is InChI=1S/C11H16ClN3O3/c1-4-11(3)9(17)15(10(18)14-11)6-8(16)13-5-7(2)12/h2,4-6H2,1,3H3,(H,13,16)(H,14,18). The van der Waals surface area contributed by atoms with Crippen LogP contribution in [-0.2, 0) is 9.59 Å². The lowest BCUT2D eigenvalue weighted by Gasteiger charge is -2.19. The van der Waals surface area contributed by atoms with Crippen LogP contribution in [0, 0.1) is 0 Å². The molecule has 1 rings (SSSR count).